The number of rotatable bonds is 12. The summed E-state index contributed by atoms with van der Waals surface area (Å²) in [6.45, 7) is 0. The number of para-hydroxylation sites is 6. The first-order valence-electron chi connectivity index (χ1n) is 39.6. The molecule has 0 bridgehead atoms. The predicted octanol–water partition coefficient (Wildman–Crippen LogP) is 26.0. The summed E-state index contributed by atoms with van der Waals surface area (Å²) in [5, 5.41) is 11.4. The Balaban J connectivity index is 0.000000140. The lowest BCUT2D eigenvalue weighted by molar-refractivity contribution is 1.07. The monoisotopic (exact) mass is 1570 g/mol. The molecule has 14 nitrogen and oxygen atoms in total. The summed E-state index contributed by atoms with van der Waals surface area (Å²) in [5.41, 5.74) is 25.9. The normalized spacial score (nSPS) is 11.7. The van der Waals surface area contributed by atoms with E-state index in [9.17, 15) is 0 Å². The number of pyridine rings is 2. The Labute approximate surface area is 694 Å². The zero-order valence-corrected chi connectivity index (χ0v) is 65.5. The summed E-state index contributed by atoms with van der Waals surface area (Å²) < 4.78 is 23.0. The standard InChI is InChI=1S/2C52H31N7S/c1-2-12-34(13-3-1)50-54-51(56-52(55-50)37-16-11-17-38(31-37)59-45-22-8-5-18-39(45)40-19-6-9-23-46(40)59)36-15-10-14-35(30-36)32-24-26-33(27-25-32)48-42-28-29-44-49(58-60-57-44)47(42)41-20-4-7-21-43(41)53-48;1-2-11-34(12-3-1)50-54-51(35-25-27-38(28-26-35)59-45-19-8-5-15-39(45)40-16-6-9-20-46(40)59)56-52(55-50)37-14-10-13-36(31-37)32-21-23-33(24-22-32)48-42-29-30-44-49(58-60-57-44)47(42)41-17-4-7-18-43(41)53-48/h2*1-31H. The van der Waals surface area contributed by atoms with Gasteiger partial charge in [0.15, 0.2) is 34.9 Å². The van der Waals surface area contributed by atoms with Gasteiger partial charge in [-0.2, -0.15) is 17.5 Å². The highest BCUT2D eigenvalue weighted by Crippen LogP contribution is 2.43. The fourth-order valence-corrected chi connectivity index (χ4v) is 18.1. The second-order valence-corrected chi connectivity index (χ2v) is 30.7. The molecule has 0 saturated heterocycles. The van der Waals surface area contributed by atoms with Gasteiger partial charge < -0.3 is 9.13 Å². The van der Waals surface area contributed by atoms with Gasteiger partial charge in [0.1, 0.15) is 22.1 Å². The van der Waals surface area contributed by atoms with E-state index < -0.39 is 0 Å². The van der Waals surface area contributed by atoms with Gasteiger partial charge in [-0.3, -0.25) is 0 Å². The summed E-state index contributed by atoms with van der Waals surface area (Å²) in [4.78, 5) is 40.8. The molecule has 0 atom stereocenters. The van der Waals surface area contributed by atoms with Crippen molar-refractivity contribution in [3.63, 3.8) is 0 Å². The molecule has 120 heavy (non-hydrogen) atoms. The van der Waals surface area contributed by atoms with E-state index in [4.69, 9.17) is 39.9 Å². The largest absolute Gasteiger partial charge is 0.309 e. The van der Waals surface area contributed by atoms with E-state index in [1.165, 1.54) is 56.0 Å². The molecule has 0 saturated carbocycles. The number of aromatic nitrogens is 14. The number of nitrogens with zero attached hydrogens (tertiary/aromatic N) is 14. The molecule has 0 amide bonds. The highest BCUT2D eigenvalue weighted by molar-refractivity contribution is 7.00. The topological polar surface area (TPSA) is 165 Å². The van der Waals surface area contributed by atoms with Gasteiger partial charge in [0.25, 0.3) is 0 Å². The zero-order valence-electron chi connectivity index (χ0n) is 63.9. The first-order chi connectivity index (χ1) is 59.5. The quantitative estimate of drug-likeness (QED) is 0.106. The van der Waals surface area contributed by atoms with Gasteiger partial charge in [-0.1, -0.05) is 267 Å². The number of benzene rings is 16. The van der Waals surface area contributed by atoms with Crippen LogP contribution in [0.3, 0.4) is 0 Å². The molecule has 0 radical (unpaired) electrons. The summed E-state index contributed by atoms with van der Waals surface area (Å²) in [6.07, 6.45) is 0. The molecule has 8 heterocycles. The van der Waals surface area contributed by atoms with Crippen LogP contribution in [-0.2, 0) is 0 Å². The molecular weight excluding hydrogens is 1510 g/mol. The molecule has 0 N–H and O–H groups in total. The molecule has 8 aromatic heterocycles. The highest BCUT2D eigenvalue weighted by Gasteiger charge is 2.23. The van der Waals surface area contributed by atoms with Crippen LogP contribution in [0.2, 0.25) is 0 Å². The van der Waals surface area contributed by atoms with Crippen molar-refractivity contribution in [3.05, 3.63) is 376 Å². The molecule has 560 valence electrons. The van der Waals surface area contributed by atoms with Crippen LogP contribution in [0, 0.1) is 0 Å². The van der Waals surface area contributed by atoms with Crippen LogP contribution in [0.25, 0.3) is 233 Å². The third-order valence-electron chi connectivity index (χ3n) is 22.6. The third-order valence-corrected chi connectivity index (χ3v) is 23.7. The van der Waals surface area contributed by atoms with Crippen LogP contribution >= 0.6 is 23.5 Å². The Kier molecular flexibility index (Phi) is 16.9. The van der Waals surface area contributed by atoms with E-state index >= 15 is 0 Å². The lowest BCUT2D eigenvalue weighted by Gasteiger charge is -2.12. The Hall–Kier alpha value is -15.9. The van der Waals surface area contributed by atoms with Crippen molar-refractivity contribution >= 4 is 132 Å². The predicted molar refractivity (Wildman–Crippen MR) is 490 cm³/mol. The first-order valence-corrected chi connectivity index (χ1v) is 41.0. The smallest absolute Gasteiger partial charge is 0.164 e. The molecule has 24 aromatic rings. The van der Waals surface area contributed by atoms with Crippen molar-refractivity contribution < 1.29 is 0 Å². The van der Waals surface area contributed by atoms with Gasteiger partial charge in [-0.25, -0.2) is 39.9 Å². The second kappa shape index (κ2) is 29.1. The van der Waals surface area contributed by atoms with Crippen LogP contribution in [0.1, 0.15) is 0 Å². The average Bonchev–Trinajstić information content (AvgIpc) is 1.32. The lowest BCUT2D eigenvalue weighted by Crippen LogP contribution is -2.01. The van der Waals surface area contributed by atoms with E-state index in [0.29, 0.717) is 34.9 Å². The maximum Gasteiger partial charge on any atom is 0.164 e. The van der Waals surface area contributed by atoms with Crippen LogP contribution in [0.15, 0.2) is 376 Å². The molecular formula is C104H62N14S2. The van der Waals surface area contributed by atoms with Gasteiger partial charge in [-0.15, -0.1) is 0 Å². The second-order valence-electron chi connectivity index (χ2n) is 29.7. The molecule has 0 spiro atoms. The van der Waals surface area contributed by atoms with Gasteiger partial charge >= 0.3 is 0 Å². The number of hydrogen-bond donors (Lipinski definition) is 0. The molecule has 0 unspecified atom stereocenters. The molecule has 0 aliphatic carbocycles. The maximum atomic E-state index is 5.17. The fraction of sp³-hybridized carbons (Fsp3) is 0. The van der Waals surface area contributed by atoms with Crippen LogP contribution < -0.4 is 0 Å². The Morgan fingerprint density at radius 2 is 0.483 bits per heavy atom. The Bertz CT molecular complexity index is 8060. The van der Waals surface area contributed by atoms with Crippen molar-refractivity contribution in [2.45, 2.75) is 0 Å². The van der Waals surface area contributed by atoms with E-state index in [1.54, 1.807) is 0 Å². The molecule has 0 fully saturated rings. The minimum absolute atomic E-state index is 0.606. The summed E-state index contributed by atoms with van der Waals surface area (Å²) in [7, 11) is 0. The van der Waals surface area contributed by atoms with Crippen molar-refractivity contribution in [2.24, 2.45) is 0 Å². The fourth-order valence-electron chi connectivity index (χ4n) is 17.0. The van der Waals surface area contributed by atoms with E-state index in [-0.39, 0.29) is 0 Å². The SMILES string of the molecule is c1ccc(-c2nc(-c3ccc(-n4c5ccccc5c5ccccc54)cc3)nc(-c3cccc(-c4ccc(-c5nc6ccccc6c6c5ccc5nsnc56)cc4)c3)n2)cc1.c1ccc(-c2nc(-c3cccc(-c4ccc(-c5nc6ccccc6c6c5ccc5nsnc56)cc4)c3)nc(-c3cccc(-n4c5ccccc5c5ccccc54)c3)n2)cc1. The zero-order chi connectivity index (χ0) is 79.1. The van der Waals surface area contributed by atoms with E-state index in [2.05, 4.69) is 318 Å². The van der Waals surface area contributed by atoms with Crippen molar-refractivity contribution in [1.29, 1.82) is 0 Å². The van der Waals surface area contributed by atoms with E-state index in [0.717, 1.165) is 166 Å². The average molecular weight is 1570 g/mol. The Morgan fingerprint density at radius 3 is 0.900 bits per heavy atom. The Morgan fingerprint density at radius 1 is 0.175 bits per heavy atom. The van der Waals surface area contributed by atoms with Gasteiger partial charge in [0.2, 0.25) is 0 Å². The molecule has 0 aliphatic heterocycles. The molecule has 24 rings (SSSR count). The molecule has 0 aliphatic rings. The number of hydrogen-bond acceptors (Lipinski definition) is 14. The van der Waals surface area contributed by atoms with Crippen LogP contribution in [0.5, 0.6) is 0 Å². The molecule has 16 aromatic carbocycles. The van der Waals surface area contributed by atoms with Crippen molar-refractivity contribution in [1.82, 2.24) is 66.5 Å². The van der Waals surface area contributed by atoms with Crippen LogP contribution in [-0.4, -0.2) is 66.5 Å². The third kappa shape index (κ3) is 12.2. The first kappa shape index (κ1) is 69.6. The van der Waals surface area contributed by atoms with Crippen molar-refractivity contribution in [3.8, 4) is 124 Å². The van der Waals surface area contributed by atoms with E-state index in [1.807, 2.05) is 84.9 Å². The molecule has 16 heteroatoms. The number of fused-ring (bicyclic) bond motifs is 16. The van der Waals surface area contributed by atoms with Gasteiger partial charge in [0.05, 0.1) is 67.9 Å². The minimum Gasteiger partial charge on any atom is -0.309 e. The lowest BCUT2D eigenvalue weighted by atomic mass is 9.97. The summed E-state index contributed by atoms with van der Waals surface area (Å²) in [5.74, 6) is 3.68. The maximum absolute atomic E-state index is 5.17. The summed E-state index contributed by atoms with van der Waals surface area (Å²) in [6, 6.07) is 130. The van der Waals surface area contributed by atoms with Crippen LogP contribution in [0.4, 0.5) is 0 Å². The minimum atomic E-state index is 0.606. The highest BCUT2D eigenvalue weighted by atomic mass is 32.1. The van der Waals surface area contributed by atoms with Gasteiger partial charge in [-0.05, 0) is 131 Å². The van der Waals surface area contributed by atoms with Gasteiger partial charge in [0, 0.05) is 110 Å². The summed E-state index contributed by atoms with van der Waals surface area (Å²) >= 11 is 2.49. The van der Waals surface area contributed by atoms with Crippen molar-refractivity contribution in [2.75, 3.05) is 0 Å².